The van der Waals surface area contributed by atoms with Crippen molar-refractivity contribution in [3.63, 3.8) is 0 Å². The van der Waals surface area contributed by atoms with Crippen LogP contribution >= 0.6 is 46.3 Å². The Morgan fingerprint density at radius 3 is 2.46 bits per heavy atom. The van der Waals surface area contributed by atoms with Gasteiger partial charge in [-0.1, -0.05) is 46.3 Å². The average Bonchev–Trinajstić information content (AvgIpc) is 3.64. The zero-order valence-corrected chi connectivity index (χ0v) is 23.6. The SMILES string of the molecule is O=C(Cn1c2c(sc1=O)C(c1ccco1)C1C(=O)N(c3ccc([N+](=O)[O-])cc3)C(=O)C1S2)Nc1ccc(Cl)c(Cl)c1. The average molecular weight is 631 g/mol. The van der Waals surface area contributed by atoms with Crippen LogP contribution in [0.25, 0.3) is 0 Å². The Kier molecular flexibility index (Phi) is 6.98. The van der Waals surface area contributed by atoms with Gasteiger partial charge in [-0.2, -0.15) is 0 Å². The van der Waals surface area contributed by atoms with E-state index in [1.54, 1.807) is 18.2 Å². The number of nitro groups is 1. The molecule has 15 heteroatoms. The van der Waals surface area contributed by atoms with Crippen LogP contribution in [0.15, 0.2) is 75.1 Å². The summed E-state index contributed by atoms with van der Waals surface area (Å²) in [5, 5.41) is 13.8. The number of carbonyl (C=O) groups is 3. The quantitative estimate of drug-likeness (QED) is 0.175. The van der Waals surface area contributed by atoms with Gasteiger partial charge in [-0.25, -0.2) is 4.90 Å². The number of halogens is 2. The lowest BCUT2D eigenvalue weighted by Crippen LogP contribution is -2.32. The summed E-state index contributed by atoms with van der Waals surface area (Å²) >= 11 is 13.9. The van der Waals surface area contributed by atoms with Crippen molar-refractivity contribution in [3.05, 3.63) is 101 Å². The van der Waals surface area contributed by atoms with Gasteiger partial charge in [0.05, 0.1) is 48.7 Å². The molecule has 41 heavy (non-hydrogen) atoms. The summed E-state index contributed by atoms with van der Waals surface area (Å²) in [6.45, 7) is -0.353. The smallest absolute Gasteiger partial charge is 0.308 e. The number of benzene rings is 2. The fraction of sp³-hybridized carbons (Fsp3) is 0.154. The number of thiazole rings is 1. The normalized spacial score (nSPS) is 19.7. The molecule has 4 heterocycles. The van der Waals surface area contributed by atoms with Gasteiger partial charge < -0.3 is 9.73 Å². The van der Waals surface area contributed by atoms with Gasteiger partial charge in [0, 0.05) is 17.8 Å². The third-order valence-electron chi connectivity index (χ3n) is 6.72. The molecule has 208 valence electrons. The molecule has 0 radical (unpaired) electrons. The van der Waals surface area contributed by atoms with E-state index in [-0.39, 0.29) is 22.9 Å². The highest BCUT2D eigenvalue weighted by molar-refractivity contribution is 8.00. The Morgan fingerprint density at radius 1 is 1.05 bits per heavy atom. The molecule has 6 rings (SSSR count). The topological polar surface area (TPSA) is 145 Å². The van der Waals surface area contributed by atoms with E-state index in [4.69, 9.17) is 27.6 Å². The highest BCUT2D eigenvalue weighted by Gasteiger charge is 2.57. The number of imide groups is 1. The summed E-state index contributed by atoms with van der Waals surface area (Å²) in [6, 6.07) is 13.0. The van der Waals surface area contributed by atoms with Crippen LogP contribution < -0.4 is 15.1 Å². The van der Waals surface area contributed by atoms with E-state index in [0.717, 1.165) is 28.0 Å². The molecule has 0 aliphatic carbocycles. The second-order valence-electron chi connectivity index (χ2n) is 9.14. The standard InChI is InChI=1S/C26H16Cl2N4O7S2/c27-15-8-3-12(10-16(15)28)29-18(33)11-30-25-22(41-26(30)36)19(17-2-1-9-39-17)20-21(40-25)24(35)31(23(20)34)13-4-6-14(7-5-13)32(37)38/h1-10,19-21H,11H2,(H,29,33). The van der Waals surface area contributed by atoms with E-state index in [0.29, 0.717) is 26.4 Å². The number of anilines is 2. The van der Waals surface area contributed by atoms with Gasteiger partial charge in [0.15, 0.2) is 0 Å². The van der Waals surface area contributed by atoms with Gasteiger partial charge >= 0.3 is 4.87 Å². The first-order valence-corrected chi connectivity index (χ1v) is 14.4. The van der Waals surface area contributed by atoms with Crippen LogP contribution in [-0.4, -0.2) is 32.5 Å². The van der Waals surface area contributed by atoms with Crippen molar-refractivity contribution in [2.75, 3.05) is 10.2 Å². The van der Waals surface area contributed by atoms with Crippen molar-refractivity contribution >= 4 is 81.1 Å². The molecule has 11 nitrogen and oxygen atoms in total. The van der Waals surface area contributed by atoms with E-state index in [1.807, 2.05) is 0 Å². The Bertz CT molecular complexity index is 1790. The summed E-state index contributed by atoms with van der Waals surface area (Å²) in [5.41, 5.74) is 0.400. The molecule has 3 amide bonds. The molecule has 1 saturated heterocycles. The number of hydrogen-bond donors (Lipinski definition) is 1. The van der Waals surface area contributed by atoms with Crippen molar-refractivity contribution in [2.24, 2.45) is 5.92 Å². The molecule has 3 atom stereocenters. The third kappa shape index (κ3) is 4.74. The largest absolute Gasteiger partial charge is 0.469 e. The Morgan fingerprint density at radius 2 is 1.80 bits per heavy atom. The van der Waals surface area contributed by atoms with E-state index in [1.165, 1.54) is 47.2 Å². The molecular formula is C26H16Cl2N4O7S2. The van der Waals surface area contributed by atoms with Crippen molar-refractivity contribution in [2.45, 2.75) is 22.7 Å². The summed E-state index contributed by atoms with van der Waals surface area (Å²) in [7, 11) is 0. The number of furan rings is 1. The molecule has 2 aromatic carbocycles. The predicted molar refractivity (Wildman–Crippen MR) is 153 cm³/mol. The number of amides is 3. The summed E-state index contributed by atoms with van der Waals surface area (Å²) < 4.78 is 6.94. The Labute approximate surface area is 248 Å². The van der Waals surface area contributed by atoms with E-state index in [9.17, 15) is 29.3 Å². The lowest BCUT2D eigenvalue weighted by Gasteiger charge is -2.29. The number of thioether (sulfide) groups is 1. The van der Waals surface area contributed by atoms with Crippen LogP contribution in [0.4, 0.5) is 17.1 Å². The van der Waals surface area contributed by atoms with Crippen LogP contribution in [-0.2, 0) is 20.9 Å². The van der Waals surface area contributed by atoms with Gasteiger partial charge in [-0.05, 0) is 42.5 Å². The van der Waals surface area contributed by atoms with Gasteiger partial charge in [0.2, 0.25) is 17.7 Å². The summed E-state index contributed by atoms with van der Waals surface area (Å²) in [6.07, 6.45) is 1.44. The molecule has 1 N–H and O–H groups in total. The van der Waals surface area contributed by atoms with Crippen LogP contribution in [0.1, 0.15) is 16.6 Å². The number of rotatable bonds is 6. The third-order valence-corrected chi connectivity index (χ3v) is 10.1. The molecule has 3 unspecified atom stereocenters. The lowest BCUT2D eigenvalue weighted by molar-refractivity contribution is -0.384. The fourth-order valence-corrected chi connectivity index (χ4v) is 7.98. The number of nitro benzene ring substituents is 1. The van der Waals surface area contributed by atoms with Crippen molar-refractivity contribution in [3.8, 4) is 0 Å². The number of carbonyl (C=O) groups excluding carboxylic acids is 3. The zero-order valence-electron chi connectivity index (χ0n) is 20.5. The van der Waals surface area contributed by atoms with Crippen LogP contribution in [0.5, 0.6) is 0 Å². The van der Waals surface area contributed by atoms with E-state index in [2.05, 4.69) is 5.32 Å². The highest BCUT2D eigenvalue weighted by atomic mass is 35.5. The molecule has 0 bridgehead atoms. The maximum Gasteiger partial charge on any atom is 0.308 e. The second kappa shape index (κ2) is 10.5. The maximum absolute atomic E-state index is 13.8. The number of nitrogens with zero attached hydrogens (tertiary/aromatic N) is 3. The van der Waals surface area contributed by atoms with E-state index >= 15 is 0 Å². The molecule has 2 aliphatic rings. The van der Waals surface area contributed by atoms with E-state index < -0.39 is 44.6 Å². The molecule has 1 fully saturated rings. The molecule has 4 aromatic rings. The zero-order chi connectivity index (χ0) is 29.0. The highest BCUT2D eigenvalue weighted by Crippen LogP contribution is 2.54. The summed E-state index contributed by atoms with van der Waals surface area (Å²) in [5.74, 6) is -2.84. The van der Waals surface area contributed by atoms with Gasteiger partial charge in [-0.3, -0.25) is 33.9 Å². The molecule has 2 aliphatic heterocycles. The minimum atomic E-state index is -0.932. The second-order valence-corrected chi connectivity index (χ2v) is 12.1. The molecule has 0 saturated carbocycles. The van der Waals surface area contributed by atoms with Crippen molar-refractivity contribution in [1.82, 2.24) is 4.57 Å². The minimum Gasteiger partial charge on any atom is -0.469 e. The lowest BCUT2D eigenvalue weighted by atomic mass is 9.87. The van der Waals surface area contributed by atoms with Crippen LogP contribution in [0, 0.1) is 16.0 Å². The molecular weight excluding hydrogens is 615 g/mol. The first-order valence-electron chi connectivity index (χ1n) is 11.9. The minimum absolute atomic E-state index is 0.182. The summed E-state index contributed by atoms with van der Waals surface area (Å²) in [4.78, 5) is 65.1. The van der Waals surface area contributed by atoms with Gasteiger partial charge in [0.1, 0.15) is 17.6 Å². The number of hydrogen-bond acceptors (Lipinski definition) is 9. The molecule has 0 spiro atoms. The fourth-order valence-electron chi connectivity index (χ4n) is 4.93. The van der Waals surface area contributed by atoms with Crippen LogP contribution in [0.3, 0.4) is 0 Å². The predicted octanol–water partition coefficient (Wildman–Crippen LogP) is 5.15. The number of aromatic nitrogens is 1. The Balaban J connectivity index is 1.36. The van der Waals surface area contributed by atoms with Crippen molar-refractivity contribution in [1.29, 1.82) is 0 Å². The number of fused-ring (bicyclic) bond motifs is 2. The first-order chi connectivity index (χ1) is 19.6. The number of non-ortho nitro benzene ring substituents is 1. The van der Waals surface area contributed by atoms with Gasteiger partial charge in [-0.15, -0.1) is 0 Å². The van der Waals surface area contributed by atoms with Crippen molar-refractivity contribution < 1.29 is 23.7 Å². The Hall–Kier alpha value is -3.91. The maximum atomic E-state index is 13.8. The first kappa shape index (κ1) is 27.3. The monoisotopic (exact) mass is 630 g/mol. The molecule has 2 aromatic heterocycles. The van der Waals surface area contributed by atoms with Crippen LogP contribution in [0.2, 0.25) is 10.0 Å². The number of nitrogens with one attached hydrogen (secondary N) is 1. The van der Waals surface area contributed by atoms with Gasteiger partial charge in [0.25, 0.3) is 5.69 Å².